The maximum atomic E-state index is 13.4. The van der Waals surface area contributed by atoms with Crippen molar-refractivity contribution >= 4 is 15.9 Å². The minimum atomic E-state index is -0.415. The van der Waals surface area contributed by atoms with Crippen LogP contribution in [0.2, 0.25) is 0 Å². The van der Waals surface area contributed by atoms with Crippen LogP contribution in [-0.4, -0.2) is 30.8 Å². The second-order valence-corrected chi connectivity index (χ2v) is 4.69. The molecule has 2 heterocycles. The third kappa shape index (κ3) is 2.19. The first-order valence-corrected chi connectivity index (χ1v) is 5.50. The van der Waals surface area contributed by atoms with Crippen LogP contribution in [0.25, 0.3) is 0 Å². The van der Waals surface area contributed by atoms with Crippen molar-refractivity contribution < 1.29 is 9.13 Å². The average Bonchev–Trinajstić information content (AvgIpc) is 2.17. The van der Waals surface area contributed by atoms with Gasteiger partial charge in [0, 0.05) is 42.9 Å². The molecule has 0 spiro atoms. The highest BCUT2D eigenvalue weighted by Crippen LogP contribution is 2.24. The Morgan fingerprint density at radius 3 is 2.93 bits per heavy atom. The van der Waals surface area contributed by atoms with E-state index in [4.69, 9.17) is 4.74 Å². The van der Waals surface area contributed by atoms with Crippen LogP contribution >= 0.6 is 15.9 Å². The van der Waals surface area contributed by atoms with Gasteiger partial charge in [-0.1, -0.05) is 0 Å². The van der Waals surface area contributed by atoms with E-state index >= 15 is 0 Å². The van der Waals surface area contributed by atoms with Crippen molar-refractivity contribution in [1.82, 2.24) is 10.3 Å². The van der Waals surface area contributed by atoms with Gasteiger partial charge in [0.1, 0.15) is 0 Å². The Bertz CT molecular complexity index is 363. The number of nitrogens with one attached hydrogen (secondary N) is 1. The Balaban J connectivity index is 2.19. The lowest BCUT2D eigenvalue weighted by Gasteiger charge is -2.41. The molecular formula is C10H12BrFN2O. The molecule has 1 aromatic rings. The zero-order valence-electron chi connectivity index (χ0n) is 8.39. The molecular weight excluding hydrogens is 263 g/mol. The smallest absolute Gasteiger partial charge is 0.216 e. The summed E-state index contributed by atoms with van der Waals surface area (Å²) in [6, 6.07) is 1.75. The summed E-state index contributed by atoms with van der Waals surface area (Å²) in [7, 11) is 1.66. The summed E-state index contributed by atoms with van der Waals surface area (Å²) in [5, 5.41) is 3.13. The Morgan fingerprint density at radius 1 is 1.67 bits per heavy atom. The van der Waals surface area contributed by atoms with Crippen molar-refractivity contribution in [3.05, 3.63) is 28.2 Å². The van der Waals surface area contributed by atoms with Crippen molar-refractivity contribution in [1.29, 1.82) is 0 Å². The van der Waals surface area contributed by atoms with Crippen LogP contribution in [0, 0.1) is 5.95 Å². The van der Waals surface area contributed by atoms with Crippen molar-refractivity contribution in [2.75, 3.05) is 20.2 Å². The van der Waals surface area contributed by atoms with Gasteiger partial charge in [-0.05, 0) is 22.0 Å². The van der Waals surface area contributed by atoms with Crippen molar-refractivity contribution in [3.63, 3.8) is 0 Å². The van der Waals surface area contributed by atoms with Crippen molar-refractivity contribution in [2.24, 2.45) is 0 Å². The molecule has 15 heavy (non-hydrogen) atoms. The number of methoxy groups -OCH3 is 1. The molecule has 0 radical (unpaired) electrons. The van der Waals surface area contributed by atoms with Gasteiger partial charge in [-0.25, -0.2) is 4.98 Å². The van der Waals surface area contributed by atoms with Crippen LogP contribution in [0.4, 0.5) is 4.39 Å². The maximum absolute atomic E-state index is 13.4. The van der Waals surface area contributed by atoms with Gasteiger partial charge in [0.2, 0.25) is 5.95 Å². The van der Waals surface area contributed by atoms with Gasteiger partial charge in [0.05, 0.1) is 5.60 Å². The van der Waals surface area contributed by atoms with Gasteiger partial charge in [-0.15, -0.1) is 0 Å². The highest BCUT2D eigenvalue weighted by Gasteiger charge is 2.37. The number of hydrogen-bond acceptors (Lipinski definition) is 3. The fourth-order valence-electron chi connectivity index (χ4n) is 1.68. The van der Waals surface area contributed by atoms with Gasteiger partial charge in [-0.3, -0.25) is 0 Å². The average molecular weight is 275 g/mol. The lowest BCUT2D eigenvalue weighted by atomic mass is 9.89. The molecule has 3 nitrogen and oxygen atoms in total. The van der Waals surface area contributed by atoms with E-state index in [9.17, 15) is 4.39 Å². The fraction of sp³-hybridized carbons (Fsp3) is 0.500. The van der Waals surface area contributed by atoms with Crippen LogP contribution in [0.5, 0.6) is 0 Å². The predicted octanol–water partition coefficient (Wildman–Crippen LogP) is 1.51. The normalized spacial score (nSPS) is 18.6. The van der Waals surface area contributed by atoms with E-state index in [-0.39, 0.29) is 5.60 Å². The van der Waals surface area contributed by atoms with E-state index < -0.39 is 5.95 Å². The third-order valence-corrected chi connectivity index (χ3v) is 3.15. The molecule has 0 aromatic carbocycles. The maximum Gasteiger partial charge on any atom is 0.216 e. The zero-order valence-corrected chi connectivity index (χ0v) is 9.97. The largest absolute Gasteiger partial charge is 0.375 e. The van der Waals surface area contributed by atoms with Gasteiger partial charge in [0.15, 0.2) is 0 Å². The summed E-state index contributed by atoms with van der Waals surface area (Å²) in [6.45, 7) is 1.52. The Morgan fingerprint density at radius 2 is 2.40 bits per heavy atom. The lowest BCUT2D eigenvalue weighted by Crippen LogP contribution is -2.62. The summed E-state index contributed by atoms with van der Waals surface area (Å²) in [5.41, 5.74) is 0.330. The monoisotopic (exact) mass is 274 g/mol. The van der Waals surface area contributed by atoms with E-state index in [2.05, 4.69) is 26.2 Å². The molecule has 1 aliphatic heterocycles. The molecule has 0 saturated carbocycles. The van der Waals surface area contributed by atoms with Crippen LogP contribution in [0.1, 0.15) is 5.56 Å². The zero-order chi connectivity index (χ0) is 10.9. The van der Waals surface area contributed by atoms with Gasteiger partial charge >= 0.3 is 0 Å². The first-order chi connectivity index (χ1) is 7.15. The number of halogens is 2. The lowest BCUT2D eigenvalue weighted by molar-refractivity contribution is -0.0508. The third-order valence-electron chi connectivity index (χ3n) is 2.72. The fourth-order valence-corrected chi connectivity index (χ4v) is 2.06. The molecule has 1 fully saturated rings. The second kappa shape index (κ2) is 4.15. The van der Waals surface area contributed by atoms with Gasteiger partial charge < -0.3 is 10.1 Å². The number of aromatic nitrogens is 1. The van der Waals surface area contributed by atoms with Crippen LogP contribution < -0.4 is 5.32 Å². The number of nitrogens with zero attached hydrogens (tertiary/aromatic N) is 1. The predicted molar refractivity (Wildman–Crippen MR) is 58.2 cm³/mol. The minimum absolute atomic E-state index is 0.261. The molecule has 0 unspecified atom stereocenters. The first-order valence-electron chi connectivity index (χ1n) is 4.71. The summed E-state index contributed by atoms with van der Waals surface area (Å²) in [4.78, 5) is 3.67. The summed E-state index contributed by atoms with van der Waals surface area (Å²) in [6.07, 6.45) is 2.01. The Kier molecular flexibility index (Phi) is 3.04. The topological polar surface area (TPSA) is 34.1 Å². The molecule has 0 bridgehead atoms. The highest BCUT2D eigenvalue weighted by atomic mass is 79.9. The van der Waals surface area contributed by atoms with Crippen LogP contribution in [0.15, 0.2) is 16.7 Å². The van der Waals surface area contributed by atoms with E-state index in [0.717, 1.165) is 17.6 Å². The Labute approximate surface area is 96.2 Å². The molecule has 1 aliphatic rings. The van der Waals surface area contributed by atoms with E-state index in [1.54, 1.807) is 13.2 Å². The Hall–Kier alpha value is -0.520. The number of rotatable bonds is 3. The summed E-state index contributed by atoms with van der Waals surface area (Å²) in [5.74, 6) is -0.415. The molecule has 1 aromatic heterocycles. The van der Waals surface area contributed by atoms with Gasteiger partial charge in [0.25, 0.3) is 0 Å². The van der Waals surface area contributed by atoms with Gasteiger partial charge in [-0.2, -0.15) is 4.39 Å². The molecule has 0 atom stereocenters. The summed E-state index contributed by atoms with van der Waals surface area (Å²) >= 11 is 3.28. The molecule has 0 amide bonds. The molecule has 1 saturated heterocycles. The van der Waals surface area contributed by atoms with Crippen molar-refractivity contribution in [3.8, 4) is 0 Å². The molecule has 82 valence electrons. The van der Waals surface area contributed by atoms with Crippen LogP contribution in [0.3, 0.4) is 0 Å². The minimum Gasteiger partial charge on any atom is -0.375 e. The number of pyridine rings is 1. The molecule has 0 aliphatic carbocycles. The molecule has 1 N–H and O–H groups in total. The molecule has 2 rings (SSSR count). The second-order valence-electron chi connectivity index (χ2n) is 3.77. The van der Waals surface area contributed by atoms with E-state index in [1.165, 1.54) is 6.20 Å². The summed E-state index contributed by atoms with van der Waals surface area (Å²) < 4.78 is 19.6. The number of hydrogen-bond donors (Lipinski definition) is 1. The van der Waals surface area contributed by atoms with Crippen molar-refractivity contribution in [2.45, 2.75) is 12.0 Å². The number of ether oxygens (including phenoxy) is 1. The SMILES string of the molecule is COC1(Cc2cc(Br)cnc2F)CNC1. The standard InChI is InChI=1S/C10H12BrFN2O/c1-15-10(5-13-6-10)3-7-2-8(11)4-14-9(7)12/h2,4,13H,3,5-6H2,1H3. The van der Waals surface area contributed by atoms with Crippen LogP contribution in [-0.2, 0) is 11.2 Å². The first kappa shape index (κ1) is 11.0. The molecule has 5 heteroatoms. The quantitative estimate of drug-likeness (QED) is 0.849. The van der Waals surface area contributed by atoms with E-state index in [1.807, 2.05) is 0 Å². The highest BCUT2D eigenvalue weighted by molar-refractivity contribution is 9.10. The van der Waals surface area contributed by atoms with E-state index in [0.29, 0.717) is 12.0 Å².